The predicted molar refractivity (Wildman–Crippen MR) is 76.2 cm³/mol. The average Bonchev–Trinajstić information content (AvgIpc) is 3.05. The molecule has 3 heteroatoms. The molecule has 1 aromatic heterocycles. The molecule has 1 aliphatic rings. The van der Waals surface area contributed by atoms with Gasteiger partial charge in [0.05, 0.1) is 5.01 Å². The third-order valence-corrected chi connectivity index (χ3v) is 4.72. The molecule has 1 heterocycles. The number of hydrogen-bond acceptors (Lipinski definition) is 3. The Morgan fingerprint density at radius 1 is 1.44 bits per heavy atom. The van der Waals surface area contributed by atoms with E-state index < -0.39 is 0 Å². The topological polar surface area (TPSA) is 24.9 Å². The van der Waals surface area contributed by atoms with E-state index in [0.29, 0.717) is 12.0 Å². The van der Waals surface area contributed by atoms with E-state index in [0.717, 1.165) is 6.42 Å². The van der Waals surface area contributed by atoms with E-state index in [-0.39, 0.29) is 0 Å². The highest BCUT2D eigenvalue weighted by Gasteiger charge is 2.29. The maximum atomic E-state index is 4.41. The smallest absolute Gasteiger partial charge is 0.0940 e. The van der Waals surface area contributed by atoms with Crippen LogP contribution in [0.3, 0.4) is 0 Å². The fourth-order valence-electron chi connectivity index (χ4n) is 3.00. The van der Waals surface area contributed by atoms with Gasteiger partial charge in [-0.3, -0.25) is 0 Å². The second kappa shape index (κ2) is 5.21. The lowest BCUT2D eigenvalue weighted by Crippen LogP contribution is -2.33. The maximum absolute atomic E-state index is 4.41. The zero-order chi connectivity index (χ0) is 12.4. The summed E-state index contributed by atoms with van der Waals surface area (Å²) in [6, 6.07) is 9.37. The molecule has 1 aromatic carbocycles. The summed E-state index contributed by atoms with van der Waals surface area (Å²) in [5.41, 5.74) is 3.07. The van der Waals surface area contributed by atoms with Crippen LogP contribution in [0, 0.1) is 0 Å². The predicted octanol–water partition coefficient (Wildman–Crippen LogP) is 3.00. The van der Waals surface area contributed by atoms with Crippen LogP contribution in [0.1, 0.15) is 28.5 Å². The fourth-order valence-corrected chi connectivity index (χ4v) is 3.67. The number of likely N-dealkylation sites (N-methyl/N-ethyl adjacent to an activating group) is 1. The summed E-state index contributed by atoms with van der Waals surface area (Å²) in [6.45, 7) is 0. The summed E-state index contributed by atoms with van der Waals surface area (Å²) < 4.78 is 0. The number of hydrogen-bond donors (Lipinski definition) is 1. The summed E-state index contributed by atoms with van der Waals surface area (Å²) in [7, 11) is 2.07. The van der Waals surface area contributed by atoms with E-state index in [1.54, 1.807) is 11.3 Å². The van der Waals surface area contributed by atoms with Gasteiger partial charge in [0.1, 0.15) is 0 Å². The van der Waals surface area contributed by atoms with E-state index in [9.17, 15) is 0 Å². The Bertz CT molecular complexity index is 507. The van der Waals surface area contributed by atoms with Gasteiger partial charge in [0.2, 0.25) is 0 Å². The van der Waals surface area contributed by atoms with Crippen LogP contribution in [0.4, 0.5) is 0 Å². The average molecular weight is 258 g/mol. The van der Waals surface area contributed by atoms with E-state index in [2.05, 4.69) is 47.0 Å². The molecule has 2 unspecified atom stereocenters. The van der Waals surface area contributed by atoms with Crippen LogP contribution in [0.25, 0.3) is 0 Å². The number of thiazole rings is 1. The molecule has 0 saturated heterocycles. The van der Waals surface area contributed by atoms with Crippen molar-refractivity contribution in [3.63, 3.8) is 0 Å². The lowest BCUT2D eigenvalue weighted by atomic mass is 9.91. The van der Waals surface area contributed by atoms with Crippen molar-refractivity contribution in [2.45, 2.75) is 31.2 Å². The number of rotatable bonds is 4. The maximum Gasteiger partial charge on any atom is 0.0940 e. The van der Waals surface area contributed by atoms with Gasteiger partial charge in [0.15, 0.2) is 0 Å². The molecule has 0 spiro atoms. The van der Waals surface area contributed by atoms with Crippen LogP contribution in [-0.4, -0.2) is 18.1 Å². The molecule has 3 rings (SSSR count). The molecule has 0 radical (unpaired) electrons. The third-order valence-electron chi connectivity index (χ3n) is 3.91. The van der Waals surface area contributed by atoms with E-state index in [1.165, 1.54) is 29.0 Å². The van der Waals surface area contributed by atoms with Crippen molar-refractivity contribution < 1.29 is 0 Å². The molecule has 1 N–H and O–H groups in total. The third kappa shape index (κ3) is 2.20. The van der Waals surface area contributed by atoms with Gasteiger partial charge in [-0.1, -0.05) is 24.3 Å². The monoisotopic (exact) mass is 258 g/mol. The largest absolute Gasteiger partial charge is 0.316 e. The normalized spacial score (nSPS) is 19.7. The van der Waals surface area contributed by atoms with Crippen LogP contribution in [0.5, 0.6) is 0 Å². The number of fused-ring (bicyclic) bond motifs is 1. The molecule has 94 valence electrons. The number of nitrogens with one attached hydrogen (secondary N) is 1. The van der Waals surface area contributed by atoms with Gasteiger partial charge >= 0.3 is 0 Å². The van der Waals surface area contributed by atoms with Gasteiger partial charge in [0.25, 0.3) is 0 Å². The number of nitrogens with zero attached hydrogens (tertiary/aromatic N) is 1. The van der Waals surface area contributed by atoms with Gasteiger partial charge < -0.3 is 5.32 Å². The molecule has 0 saturated carbocycles. The molecule has 1 aliphatic carbocycles. The lowest BCUT2D eigenvalue weighted by Gasteiger charge is -2.23. The first kappa shape index (κ1) is 11.9. The Kier molecular flexibility index (Phi) is 3.43. The zero-order valence-electron chi connectivity index (χ0n) is 10.6. The number of benzene rings is 1. The first-order valence-corrected chi connectivity index (χ1v) is 7.40. The number of aromatic nitrogens is 1. The van der Waals surface area contributed by atoms with Crippen molar-refractivity contribution in [1.29, 1.82) is 0 Å². The highest BCUT2D eigenvalue weighted by molar-refractivity contribution is 7.09. The van der Waals surface area contributed by atoms with Crippen molar-refractivity contribution >= 4 is 11.3 Å². The van der Waals surface area contributed by atoms with Crippen LogP contribution >= 0.6 is 11.3 Å². The van der Waals surface area contributed by atoms with Gasteiger partial charge in [-0.15, -0.1) is 11.3 Å². The quantitative estimate of drug-likeness (QED) is 0.912. The van der Waals surface area contributed by atoms with Gasteiger partial charge in [-0.05, 0) is 31.0 Å². The minimum atomic E-state index is 0.500. The van der Waals surface area contributed by atoms with Crippen LogP contribution in [0.2, 0.25) is 0 Å². The molecular formula is C15H18N2S. The van der Waals surface area contributed by atoms with Crippen molar-refractivity contribution in [1.82, 2.24) is 10.3 Å². The minimum Gasteiger partial charge on any atom is -0.316 e. The first-order valence-electron chi connectivity index (χ1n) is 6.52. The van der Waals surface area contributed by atoms with Gasteiger partial charge in [0, 0.05) is 30.0 Å². The summed E-state index contributed by atoms with van der Waals surface area (Å²) in [4.78, 5) is 4.41. The lowest BCUT2D eigenvalue weighted by molar-refractivity contribution is 0.455. The van der Waals surface area contributed by atoms with Gasteiger partial charge in [-0.2, -0.15) is 0 Å². The highest BCUT2D eigenvalue weighted by Crippen LogP contribution is 2.36. The molecular weight excluding hydrogens is 240 g/mol. The second-order valence-electron chi connectivity index (χ2n) is 4.87. The zero-order valence-corrected chi connectivity index (χ0v) is 11.4. The Morgan fingerprint density at radius 2 is 2.33 bits per heavy atom. The highest BCUT2D eigenvalue weighted by atomic mass is 32.1. The van der Waals surface area contributed by atoms with E-state index >= 15 is 0 Å². The standard InChI is InChI=1S/C15H18N2S/c1-16-14(10-15-17-8-9-18-15)13-7-6-11-4-2-3-5-12(11)13/h2-5,8-9,13-14,16H,6-7,10H2,1H3. The molecule has 18 heavy (non-hydrogen) atoms. The summed E-state index contributed by atoms with van der Waals surface area (Å²) in [5, 5.41) is 6.78. The van der Waals surface area contributed by atoms with E-state index in [1.807, 2.05) is 6.20 Å². The van der Waals surface area contributed by atoms with Crippen LogP contribution in [0.15, 0.2) is 35.8 Å². The summed E-state index contributed by atoms with van der Waals surface area (Å²) in [6.07, 6.45) is 5.41. The molecule has 0 amide bonds. The minimum absolute atomic E-state index is 0.500. The Morgan fingerprint density at radius 3 is 3.11 bits per heavy atom. The SMILES string of the molecule is CNC(Cc1nccs1)C1CCc2ccccc21. The molecule has 0 aliphatic heterocycles. The number of aryl methyl sites for hydroxylation is 1. The van der Waals surface area contributed by atoms with Crippen molar-refractivity contribution in [2.75, 3.05) is 7.05 Å². The second-order valence-corrected chi connectivity index (χ2v) is 5.85. The Balaban J connectivity index is 1.81. The molecule has 2 atom stereocenters. The van der Waals surface area contributed by atoms with Crippen molar-refractivity contribution in [3.8, 4) is 0 Å². The molecule has 2 aromatic rings. The van der Waals surface area contributed by atoms with Crippen LogP contribution in [-0.2, 0) is 12.8 Å². The van der Waals surface area contributed by atoms with Gasteiger partial charge in [-0.25, -0.2) is 4.98 Å². The first-order chi connectivity index (χ1) is 8.88. The molecule has 0 fully saturated rings. The molecule has 2 nitrogen and oxygen atoms in total. The van der Waals surface area contributed by atoms with Crippen molar-refractivity contribution in [3.05, 3.63) is 52.0 Å². The van der Waals surface area contributed by atoms with Crippen molar-refractivity contribution in [2.24, 2.45) is 0 Å². The molecule has 0 bridgehead atoms. The Labute approximate surface area is 112 Å². The van der Waals surface area contributed by atoms with E-state index in [4.69, 9.17) is 0 Å². The fraction of sp³-hybridized carbons (Fsp3) is 0.400. The Hall–Kier alpha value is -1.19. The summed E-state index contributed by atoms with van der Waals surface area (Å²) in [5.74, 6) is 0.634. The summed E-state index contributed by atoms with van der Waals surface area (Å²) >= 11 is 1.76. The van der Waals surface area contributed by atoms with Crippen LogP contribution < -0.4 is 5.32 Å².